The third-order valence-electron chi connectivity index (χ3n) is 2.77. The molecule has 96 valence electrons. The topological polar surface area (TPSA) is 58.2 Å². The highest BCUT2D eigenvalue weighted by Gasteiger charge is 2.19. The van der Waals surface area contributed by atoms with Crippen molar-refractivity contribution in [1.82, 2.24) is 10.0 Å². The zero-order valence-electron chi connectivity index (χ0n) is 9.28. The Labute approximate surface area is 114 Å². The molecule has 2 N–H and O–H groups in total. The molecular formula is C10H15BrN2O2S2. The van der Waals surface area contributed by atoms with Gasteiger partial charge in [-0.05, 0) is 59.9 Å². The summed E-state index contributed by atoms with van der Waals surface area (Å²) in [5, 5.41) is 3.28. The zero-order valence-corrected chi connectivity index (χ0v) is 12.5. The monoisotopic (exact) mass is 338 g/mol. The van der Waals surface area contributed by atoms with Gasteiger partial charge < -0.3 is 5.32 Å². The SMILES string of the molecule is O=S(=O)(NC[C@@H]1CCCNC1)c1ccc(Br)s1. The summed E-state index contributed by atoms with van der Waals surface area (Å²) in [7, 11) is -3.33. The number of hydrogen-bond acceptors (Lipinski definition) is 4. The van der Waals surface area contributed by atoms with E-state index in [1.807, 2.05) is 0 Å². The summed E-state index contributed by atoms with van der Waals surface area (Å²) in [5.74, 6) is 0.405. The predicted molar refractivity (Wildman–Crippen MR) is 72.8 cm³/mol. The van der Waals surface area contributed by atoms with Gasteiger partial charge in [0, 0.05) is 6.54 Å². The molecule has 0 radical (unpaired) electrons. The summed E-state index contributed by atoms with van der Waals surface area (Å²) < 4.78 is 27.8. The molecular weight excluding hydrogens is 324 g/mol. The van der Waals surface area contributed by atoms with Gasteiger partial charge in [-0.2, -0.15) is 0 Å². The average Bonchev–Trinajstić information content (AvgIpc) is 2.76. The van der Waals surface area contributed by atoms with Crippen LogP contribution in [0, 0.1) is 5.92 Å². The van der Waals surface area contributed by atoms with Crippen LogP contribution < -0.4 is 10.0 Å². The van der Waals surface area contributed by atoms with Gasteiger partial charge in [0.05, 0.1) is 3.79 Å². The molecule has 7 heteroatoms. The zero-order chi connectivity index (χ0) is 12.3. The summed E-state index contributed by atoms with van der Waals surface area (Å²) in [4.78, 5) is 0. The quantitative estimate of drug-likeness (QED) is 0.879. The summed E-state index contributed by atoms with van der Waals surface area (Å²) in [6.07, 6.45) is 2.21. The molecule has 1 atom stereocenters. The fourth-order valence-electron chi connectivity index (χ4n) is 1.84. The smallest absolute Gasteiger partial charge is 0.250 e. The second kappa shape index (κ2) is 5.79. The van der Waals surface area contributed by atoms with Crippen molar-refractivity contribution in [3.8, 4) is 0 Å². The van der Waals surface area contributed by atoms with Crippen molar-refractivity contribution in [3.05, 3.63) is 15.9 Å². The maximum absolute atomic E-state index is 11.9. The van der Waals surface area contributed by atoms with Gasteiger partial charge in [0.2, 0.25) is 10.0 Å². The number of rotatable bonds is 4. The molecule has 2 rings (SSSR count). The summed E-state index contributed by atoms with van der Waals surface area (Å²) in [5.41, 5.74) is 0. The molecule has 1 aromatic heterocycles. The van der Waals surface area contributed by atoms with Crippen molar-refractivity contribution in [2.45, 2.75) is 17.1 Å². The van der Waals surface area contributed by atoms with Crippen molar-refractivity contribution in [2.75, 3.05) is 19.6 Å². The lowest BCUT2D eigenvalue weighted by Crippen LogP contribution is -2.37. The van der Waals surface area contributed by atoms with Crippen LogP contribution in [0.15, 0.2) is 20.1 Å². The molecule has 17 heavy (non-hydrogen) atoms. The number of piperidine rings is 1. The Morgan fingerprint density at radius 1 is 1.53 bits per heavy atom. The Hall–Kier alpha value is 0.0500. The molecule has 0 saturated carbocycles. The van der Waals surface area contributed by atoms with Gasteiger partial charge in [-0.25, -0.2) is 13.1 Å². The minimum absolute atomic E-state index is 0.369. The highest BCUT2D eigenvalue weighted by atomic mass is 79.9. The molecule has 1 aliphatic heterocycles. The standard InChI is InChI=1S/C10H15BrN2O2S2/c11-9-3-4-10(16-9)17(14,15)13-7-8-2-1-5-12-6-8/h3-4,8,12-13H,1-2,5-7H2/t8-/m1/s1. The first-order chi connectivity index (χ1) is 8.08. The number of hydrogen-bond donors (Lipinski definition) is 2. The van der Waals surface area contributed by atoms with E-state index < -0.39 is 10.0 Å². The maximum atomic E-state index is 11.9. The Bertz CT molecular complexity index is 466. The predicted octanol–water partition coefficient (Wildman–Crippen LogP) is 1.79. The van der Waals surface area contributed by atoms with Crippen LogP contribution in [0.3, 0.4) is 0 Å². The molecule has 1 fully saturated rings. The van der Waals surface area contributed by atoms with Gasteiger partial charge in [-0.15, -0.1) is 11.3 Å². The van der Waals surface area contributed by atoms with Crippen molar-refractivity contribution in [2.24, 2.45) is 5.92 Å². The first-order valence-electron chi connectivity index (χ1n) is 5.53. The molecule has 0 amide bonds. The van der Waals surface area contributed by atoms with Crippen molar-refractivity contribution >= 4 is 37.3 Å². The Balaban J connectivity index is 1.93. The van der Waals surface area contributed by atoms with Crippen LogP contribution in [-0.4, -0.2) is 28.1 Å². The first-order valence-corrected chi connectivity index (χ1v) is 8.63. The van der Waals surface area contributed by atoms with E-state index >= 15 is 0 Å². The van der Waals surface area contributed by atoms with E-state index in [2.05, 4.69) is 26.0 Å². The molecule has 0 aliphatic carbocycles. The van der Waals surface area contributed by atoms with E-state index in [1.54, 1.807) is 12.1 Å². The lowest BCUT2D eigenvalue weighted by Gasteiger charge is -2.22. The largest absolute Gasteiger partial charge is 0.316 e. The van der Waals surface area contributed by atoms with E-state index in [9.17, 15) is 8.42 Å². The third-order valence-corrected chi connectivity index (χ3v) is 6.31. The number of halogens is 1. The van der Waals surface area contributed by atoms with Gasteiger partial charge in [0.15, 0.2) is 0 Å². The molecule has 0 aromatic carbocycles. The van der Waals surface area contributed by atoms with E-state index in [0.29, 0.717) is 16.7 Å². The van der Waals surface area contributed by atoms with Crippen molar-refractivity contribution in [1.29, 1.82) is 0 Å². The van der Waals surface area contributed by atoms with E-state index in [1.165, 1.54) is 11.3 Å². The van der Waals surface area contributed by atoms with Crippen molar-refractivity contribution in [3.63, 3.8) is 0 Å². The Kier molecular flexibility index (Phi) is 4.59. The van der Waals surface area contributed by atoms with Crippen LogP contribution in [0.4, 0.5) is 0 Å². The average molecular weight is 339 g/mol. The van der Waals surface area contributed by atoms with Crippen molar-refractivity contribution < 1.29 is 8.42 Å². The van der Waals surface area contributed by atoms with E-state index in [-0.39, 0.29) is 0 Å². The van der Waals surface area contributed by atoms with Crippen LogP contribution in [0.5, 0.6) is 0 Å². The van der Waals surface area contributed by atoms with Gasteiger partial charge in [0.1, 0.15) is 4.21 Å². The van der Waals surface area contributed by atoms with E-state index in [4.69, 9.17) is 0 Å². The molecule has 0 spiro atoms. The van der Waals surface area contributed by atoms with Crippen LogP contribution >= 0.6 is 27.3 Å². The number of nitrogens with one attached hydrogen (secondary N) is 2. The van der Waals surface area contributed by atoms with Crippen LogP contribution in [0.2, 0.25) is 0 Å². The molecule has 1 aliphatic rings. The minimum atomic E-state index is -3.33. The molecule has 4 nitrogen and oxygen atoms in total. The Morgan fingerprint density at radius 2 is 2.35 bits per heavy atom. The molecule has 2 heterocycles. The summed E-state index contributed by atoms with van der Waals surface area (Å²) in [6, 6.07) is 3.37. The number of thiophene rings is 1. The van der Waals surface area contributed by atoms with E-state index in [0.717, 1.165) is 29.7 Å². The van der Waals surface area contributed by atoms with Crippen LogP contribution in [-0.2, 0) is 10.0 Å². The highest BCUT2D eigenvalue weighted by Crippen LogP contribution is 2.25. The second-order valence-corrected chi connectivity index (χ2v) is 8.58. The molecule has 0 unspecified atom stereocenters. The summed E-state index contributed by atoms with van der Waals surface area (Å²) >= 11 is 4.50. The highest BCUT2D eigenvalue weighted by molar-refractivity contribution is 9.11. The van der Waals surface area contributed by atoms with Crippen LogP contribution in [0.1, 0.15) is 12.8 Å². The number of sulfonamides is 1. The first kappa shape index (κ1) is 13.5. The fraction of sp³-hybridized carbons (Fsp3) is 0.600. The minimum Gasteiger partial charge on any atom is -0.316 e. The van der Waals surface area contributed by atoms with Gasteiger partial charge >= 0.3 is 0 Å². The molecule has 0 bridgehead atoms. The van der Waals surface area contributed by atoms with Gasteiger partial charge in [0.25, 0.3) is 0 Å². The van der Waals surface area contributed by atoms with Crippen LogP contribution in [0.25, 0.3) is 0 Å². The second-order valence-electron chi connectivity index (χ2n) is 4.12. The maximum Gasteiger partial charge on any atom is 0.250 e. The Morgan fingerprint density at radius 3 is 2.94 bits per heavy atom. The molecule has 1 saturated heterocycles. The summed E-state index contributed by atoms with van der Waals surface area (Å²) in [6.45, 7) is 2.46. The fourth-order valence-corrected chi connectivity index (χ4v) is 5.01. The van der Waals surface area contributed by atoms with Gasteiger partial charge in [-0.1, -0.05) is 0 Å². The van der Waals surface area contributed by atoms with Gasteiger partial charge in [-0.3, -0.25) is 0 Å². The molecule has 1 aromatic rings. The third kappa shape index (κ3) is 3.75. The lowest BCUT2D eigenvalue weighted by molar-refractivity contribution is 0.376. The normalized spacial score (nSPS) is 21.6. The lowest BCUT2D eigenvalue weighted by atomic mass is 10.0.